The molecule has 2 rings (SSSR count). The fourth-order valence-corrected chi connectivity index (χ4v) is 1.85. The molecule has 3 heteroatoms. The molecule has 0 radical (unpaired) electrons. The molecule has 1 saturated carbocycles. The van der Waals surface area contributed by atoms with Crippen molar-refractivity contribution in [2.75, 3.05) is 13.7 Å². The van der Waals surface area contributed by atoms with Crippen LogP contribution in [-0.4, -0.2) is 18.6 Å². The van der Waals surface area contributed by atoms with Crippen molar-refractivity contribution in [2.24, 2.45) is 5.92 Å². The van der Waals surface area contributed by atoms with Gasteiger partial charge in [0.2, 0.25) is 5.88 Å². The van der Waals surface area contributed by atoms with Crippen molar-refractivity contribution in [3.8, 4) is 5.88 Å². The van der Waals surface area contributed by atoms with Crippen LogP contribution in [0.5, 0.6) is 5.88 Å². The molecule has 1 aromatic heterocycles. The Hall–Kier alpha value is -1.09. The molecule has 0 aromatic carbocycles. The van der Waals surface area contributed by atoms with Gasteiger partial charge >= 0.3 is 0 Å². The highest BCUT2D eigenvalue weighted by Crippen LogP contribution is 2.25. The van der Waals surface area contributed by atoms with Crippen LogP contribution in [0.3, 0.4) is 0 Å². The van der Waals surface area contributed by atoms with Crippen molar-refractivity contribution in [3.05, 3.63) is 23.9 Å². The molecule has 3 nitrogen and oxygen atoms in total. The van der Waals surface area contributed by atoms with Crippen LogP contribution < -0.4 is 10.1 Å². The number of nitrogens with zero attached hydrogens (tertiary/aromatic N) is 1. The van der Waals surface area contributed by atoms with Crippen molar-refractivity contribution in [1.29, 1.82) is 0 Å². The number of nitrogens with one attached hydrogen (secondary N) is 1. The van der Waals surface area contributed by atoms with Crippen LogP contribution in [0.25, 0.3) is 0 Å². The van der Waals surface area contributed by atoms with Gasteiger partial charge in [-0.3, -0.25) is 0 Å². The Morgan fingerprint density at radius 2 is 2.40 bits per heavy atom. The third-order valence-corrected chi connectivity index (χ3v) is 3.02. The molecule has 1 aliphatic rings. The summed E-state index contributed by atoms with van der Waals surface area (Å²) in [6.45, 7) is 1.98. The third kappa shape index (κ3) is 2.69. The molecule has 1 aliphatic carbocycles. The average molecular weight is 206 g/mol. The van der Waals surface area contributed by atoms with E-state index in [2.05, 4.69) is 16.4 Å². The maximum atomic E-state index is 5.19. The zero-order valence-corrected chi connectivity index (χ0v) is 9.20. The van der Waals surface area contributed by atoms with Gasteiger partial charge in [0.25, 0.3) is 0 Å². The van der Waals surface area contributed by atoms with E-state index in [0.29, 0.717) is 0 Å². The highest BCUT2D eigenvalue weighted by atomic mass is 16.5. The monoisotopic (exact) mass is 206 g/mol. The van der Waals surface area contributed by atoms with Crippen LogP contribution in [0.15, 0.2) is 18.3 Å². The predicted octanol–water partition coefficient (Wildman–Crippen LogP) is 1.98. The lowest BCUT2D eigenvalue weighted by atomic mass is 9.85. The third-order valence-electron chi connectivity index (χ3n) is 3.02. The van der Waals surface area contributed by atoms with E-state index in [-0.39, 0.29) is 0 Å². The van der Waals surface area contributed by atoms with E-state index >= 15 is 0 Å². The quantitative estimate of drug-likeness (QED) is 0.800. The molecular formula is C12H18N2O. The highest BCUT2D eigenvalue weighted by Gasteiger charge is 2.16. The van der Waals surface area contributed by atoms with Gasteiger partial charge in [0.05, 0.1) is 7.11 Å². The Morgan fingerprint density at radius 1 is 1.53 bits per heavy atom. The molecule has 0 unspecified atom stereocenters. The minimum Gasteiger partial charge on any atom is -0.481 e. The first kappa shape index (κ1) is 10.4. The van der Waals surface area contributed by atoms with E-state index in [0.717, 1.165) is 30.5 Å². The number of methoxy groups -OCH3 is 1. The zero-order chi connectivity index (χ0) is 10.5. The highest BCUT2D eigenvalue weighted by molar-refractivity contribution is 5.24. The molecule has 0 saturated heterocycles. The Labute approximate surface area is 90.9 Å². The van der Waals surface area contributed by atoms with Crippen molar-refractivity contribution in [2.45, 2.75) is 25.8 Å². The number of hydrogen-bond donors (Lipinski definition) is 1. The van der Waals surface area contributed by atoms with E-state index in [1.54, 1.807) is 13.3 Å². The number of aromatic nitrogens is 1. The van der Waals surface area contributed by atoms with Crippen LogP contribution in [-0.2, 0) is 6.54 Å². The fourth-order valence-electron chi connectivity index (χ4n) is 1.85. The Bertz CT molecular complexity index is 310. The van der Waals surface area contributed by atoms with Gasteiger partial charge in [-0.15, -0.1) is 0 Å². The lowest BCUT2D eigenvalue weighted by Crippen LogP contribution is -2.27. The molecule has 0 amide bonds. The minimum atomic E-state index is 0.735. The average Bonchev–Trinajstić information content (AvgIpc) is 2.22. The van der Waals surface area contributed by atoms with Crippen LogP contribution in [0.1, 0.15) is 24.8 Å². The molecule has 1 fully saturated rings. The van der Waals surface area contributed by atoms with E-state index in [1.807, 2.05) is 6.07 Å². The standard InChI is InChI=1S/C12H18N2O/c1-15-12-11(6-3-7-14-12)9-13-8-10-4-2-5-10/h3,6-7,10,13H,2,4-5,8-9H2,1H3. The second kappa shape index (κ2) is 5.12. The van der Waals surface area contributed by atoms with Crippen LogP contribution in [0, 0.1) is 5.92 Å². The SMILES string of the molecule is COc1ncccc1CNCC1CCC1. The summed E-state index contributed by atoms with van der Waals surface area (Å²) in [5.41, 5.74) is 1.14. The molecule has 0 aliphatic heterocycles. The summed E-state index contributed by atoms with van der Waals surface area (Å²) >= 11 is 0. The number of hydrogen-bond acceptors (Lipinski definition) is 3. The first-order chi connectivity index (χ1) is 7.40. The minimum absolute atomic E-state index is 0.735. The zero-order valence-electron chi connectivity index (χ0n) is 9.20. The fraction of sp³-hybridized carbons (Fsp3) is 0.583. The van der Waals surface area contributed by atoms with E-state index in [4.69, 9.17) is 4.74 Å². The van der Waals surface area contributed by atoms with E-state index < -0.39 is 0 Å². The summed E-state index contributed by atoms with van der Waals surface area (Å²) in [5.74, 6) is 1.63. The first-order valence-corrected chi connectivity index (χ1v) is 5.58. The second-order valence-electron chi connectivity index (χ2n) is 4.10. The summed E-state index contributed by atoms with van der Waals surface area (Å²) in [5, 5.41) is 3.46. The lowest BCUT2D eigenvalue weighted by Gasteiger charge is -2.25. The van der Waals surface area contributed by atoms with Gasteiger partial charge in [-0.05, 0) is 31.4 Å². The second-order valence-corrected chi connectivity index (χ2v) is 4.10. The smallest absolute Gasteiger partial charge is 0.217 e. The topological polar surface area (TPSA) is 34.1 Å². The van der Waals surface area contributed by atoms with Crippen LogP contribution >= 0.6 is 0 Å². The van der Waals surface area contributed by atoms with E-state index in [9.17, 15) is 0 Å². The molecular weight excluding hydrogens is 188 g/mol. The normalized spacial score (nSPS) is 16.1. The first-order valence-electron chi connectivity index (χ1n) is 5.58. The van der Waals surface area contributed by atoms with Crippen LogP contribution in [0.4, 0.5) is 0 Å². The molecule has 1 aromatic rings. The van der Waals surface area contributed by atoms with Gasteiger partial charge in [0.1, 0.15) is 0 Å². The van der Waals surface area contributed by atoms with Gasteiger partial charge < -0.3 is 10.1 Å². The summed E-state index contributed by atoms with van der Waals surface area (Å²) in [6.07, 6.45) is 5.94. The Kier molecular flexibility index (Phi) is 3.56. The predicted molar refractivity (Wildman–Crippen MR) is 59.8 cm³/mol. The Balaban J connectivity index is 1.81. The summed E-state index contributed by atoms with van der Waals surface area (Å²) in [7, 11) is 1.66. The number of ether oxygens (including phenoxy) is 1. The van der Waals surface area contributed by atoms with Crippen molar-refractivity contribution >= 4 is 0 Å². The van der Waals surface area contributed by atoms with Crippen LogP contribution in [0.2, 0.25) is 0 Å². The Morgan fingerprint density at radius 3 is 3.07 bits per heavy atom. The van der Waals surface area contributed by atoms with Gasteiger partial charge in [-0.2, -0.15) is 0 Å². The van der Waals surface area contributed by atoms with Crippen molar-refractivity contribution in [1.82, 2.24) is 10.3 Å². The van der Waals surface area contributed by atoms with Gasteiger partial charge in [-0.25, -0.2) is 4.98 Å². The number of pyridine rings is 1. The van der Waals surface area contributed by atoms with Crippen molar-refractivity contribution < 1.29 is 4.74 Å². The molecule has 0 spiro atoms. The largest absolute Gasteiger partial charge is 0.481 e. The summed E-state index contributed by atoms with van der Waals surface area (Å²) in [4.78, 5) is 4.17. The number of rotatable bonds is 5. The molecule has 15 heavy (non-hydrogen) atoms. The van der Waals surface area contributed by atoms with Gasteiger partial charge in [0, 0.05) is 18.3 Å². The maximum Gasteiger partial charge on any atom is 0.217 e. The maximum absolute atomic E-state index is 5.19. The summed E-state index contributed by atoms with van der Waals surface area (Å²) < 4.78 is 5.19. The molecule has 1 heterocycles. The lowest BCUT2D eigenvalue weighted by molar-refractivity contribution is 0.300. The van der Waals surface area contributed by atoms with Gasteiger partial charge in [-0.1, -0.05) is 12.5 Å². The molecule has 1 N–H and O–H groups in total. The molecule has 0 atom stereocenters. The summed E-state index contributed by atoms with van der Waals surface area (Å²) in [6, 6.07) is 4.00. The van der Waals surface area contributed by atoms with Crippen molar-refractivity contribution in [3.63, 3.8) is 0 Å². The van der Waals surface area contributed by atoms with E-state index in [1.165, 1.54) is 19.3 Å². The molecule has 82 valence electrons. The van der Waals surface area contributed by atoms with Gasteiger partial charge in [0.15, 0.2) is 0 Å². The molecule has 0 bridgehead atoms.